The van der Waals surface area contributed by atoms with Crippen molar-refractivity contribution in [1.29, 1.82) is 0 Å². The Bertz CT molecular complexity index is 569. The second-order valence-electron chi connectivity index (χ2n) is 8.30. The zero-order chi connectivity index (χ0) is 18.7. The third-order valence-electron chi connectivity index (χ3n) is 5.23. The minimum absolute atomic E-state index is 0.164. The van der Waals surface area contributed by atoms with E-state index in [1.165, 1.54) is 22.3 Å². The molecule has 0 saturated carbocycles. The van der Waals surface area contributed by atoms with Crippen molar-refractivity contribution in [1.82, 2.24) is 4.90 Å². The maximum atomic E-state index is 12.5. The summed E-state index contributed by atoms with van der Waals surface area (Å²) in [5.74, 6) is 1.30. The Kier molecular flexibility index (Phi) is 6.53. The van der Waals surface area contributed by atoms with Gasteiger partial charge in [0, 0.05) is 13.1 Å². The monoisotopic (exact) mass is 345 g/mol. The minimum Gasteiger partial charge on any atom is -0.441 e. The molecule has 1 fully saturated rings. The summed E-state index contributed by atoms with van der Waals surface area (Å²) in [6.07, 6.45) is 1.79. The molecule has 0 spiro atoms. The molecule has 3 heteroatoms. The average molecular weight is 346 g/mol. The lowest BCUT2D eigenvalue weighted by atomic mass is 9.82. The zero-order valence-electron chi connectivity index (χ0n) is 17.1. The lowest BCUT2D eigenvalue weighted by Gasteiger charge is -2.27. The first kappa shape index (κ1) is 19.8. The molecule has 0 unspecified atom stereocenters. The zero-order valence-corrected chi connectivity index (χ0v) is 17.1. The molecule has 0 bridgehead atoms. The number of hydrogen-bond donors (Lipinski definition) is 0. The molecule has 1 amide bonds. The quantitative estimate of drug-likeness (QED) is 0.622. The van der Waals surface area contributed by atoms with Gasteiger partial charge < -0.3 is 9.64 Å². The van der Waals surface area contributed by atoms with E-state index in [0.717, 1.165) is 25.9 Å². The van der Waals surface area contributed by atoms with Crippen LogP contribution in [0.4, 0.5) is 4.79 Å². The standard InChI is InChI=1S/C22H35NO2/c1-14(2)18-12-19(15(3)4)21(20(13-18)16(5)6)17(7)25-22(24)23-10-8-9-11-23/h12-17H,8-11H2,1-7H3/t17-/m1/s1. The van der Waals surface area contributed by atoms with Crippen molar-refractivity contribution in [2.24, 2.45) is 0 Å². The number of hydrogen-bond acceptors (Lipinski definition) is 2. The van der Waals surface area contributed by atoms with Gasteiger partial charge in [-0.3, -0.25) is 0 Å². The number of amides is 1. The van der Waals surface area contributed by atoms with Crippen LogP contribution in [0.3, 0.4) is 0 Å². The van der Waals surface area contributed by atoms with E-state index in [4.69, 9.17) is 4.74 Å². The Morgan fingerprint density at radius 3 is 1.76 bits per heavy atom. The molecule has 0 aliphatic carbocycles. The van der Waals surface area contributed by atoms with E-state index < -0.39 is 0 Å². The molecule has 0 radical (unpaired) electrons. The second-order valence-corrected chi connectivity index (χ2v) is 8.30. The van der Waals surface area contributed by atoms with Gasteiger partial charge in [-0.25, -0.2) is 4.79 Å². The number of carbonyl (C=O) groups excluding carboxylic acids is 1. The number of nitrogens with zero attached hydrogens (tertiary/aromatic N) is 1. The lowest BCUT2D eigenvalue weighted by Crippen LogP contribution is -2.29. The molecule has 0 aromatic heterocycles. The fraction of sp³-hybridized carbons (Fsp3) is 0.682. The minimum atomic E-state index is -0.218. The van der Waals surface area contributed by atoms with Gasteiger partial charge in [-0.2, -0.15) is 0 Å². The van der Waals surface area contributed by atoms with Crippen molar-refractivity contribution in [3.05, 3.63) is 34.4 Å². The Hall–Kier alpha value is -1.51. The average Bonchev–Trinajstić information content (AvgIpc) is 3.07. The smallest absolute Gasteiger partial charge is 0.410 e. The SMILES string of the molecule is CC(C)c1cc(C(C)C)c([C@@H](C)OC(=O)N2CCCC2)c(C(C)C)c1. The van der Waals surface area contributed by atoms with Gasteiger partial charge >= 0.3 is 6.09 Å². The molecule has 1 aliphatic rings. The Labute approximate surface area is 153 Å². The van der Waals surface area contributed by atoms with Gasteiger partial charge in [-0.1, -0.05) is 53.7 Å². The fourth-order valence-corrected chi connectivity index (χ4v) is 3.67. The van der Waals surface area contributed by atoms with Gasteiger partial charge in [-0.05, 0) is 59.8 Å². The Morgan fingerprint density at radius 1 is 0.880 bits per heavy atom. The highest BCUT2D eigenvalue weighted by Crippen LogP contribution is 2.37. The summed E-state index contributed by atoms with van der Waals surface area (Å²) in [4.78, 5) is 14.3. The van der Waals surface area contributed by atoms with Crippen molar-refractivity contribution >= 4 is 6.09 Å². The van der Waals surface area contributed by atoms with E-state index in [1.807, 2.05) is 11.8 Å². The van der Waals surface area contributed by atoms with Gasteiger partial charge in [0.2, 0.25) is 0 Å². The maximum Gasteiger partial charge on any atom is 0.410 e. The Balaban J connectivity index is 2.40. The summed E-state index contributed by atoms with van der Waals surface area (Å²) in [5.41, 5.74) is 5.21. The van der Waals surface area contributed by atoms with Crippen LogP contribution in [0.25, 0.3) is 0 Å². The highest BCUT2D eigenvalue weighted by Gasteiger charge is 2.26. The molecule has 2 rings (SSSR count). The molecule has 0 N–H and O–H groups in total. The van der Waals surface area contributed by atoms with Crippen LogP contribution in [0.2, 0.25) is 0 Å². The first-order chi connectivity index (χ1) is 11.7. The van der Waals surface area contributed by atoms with Crippen LogP contribution in [0.5, 0.6) is 0 Å². The predicted octanol–water partition coefficient (Wildman–Crippen LogP) is 6.35. The molecule has 3 nitrogen and oxygen atoms in total. The molecule has 1 aliphatic heterocycles. The molecular weight excluding hydrogens is 310 g/mol. The molecule has 1 saturated heterocycles. The number of benzene rings is 1. The van der Waals surface area contributed by atoms with Crippen LogP contribution in [0.1, 0.15) is 107 Å². The summed E-state index contributed by atoms with van der Waals surface area (Å²) in [7, 11) is 0. The highest BCUT2D eigenvalue weighted by atomic mass is 16.6. The molecule has 25 heavy (non-hydrogen) atoms. The third kappa shape index (κ3) is 4.56. The summed E-state index contributed by atoms with van der Waals surface area (Å²) in [6.45, 7) is 17.0. The van der Waals surface area contributed by atoms with Crippen LogP contribution in [0.15, 0.2) is 12.1 Å². The highest BCUT2D eigenvalue weighted by molar-refractivity contribution is 5.68. The van der Waals surface area contributed by atoms with Gasteiger partial charge in [0.15, 0.2) is 0 Å². The number of likely N-dealkylation sites (tertiary alicyclic amines) is 1. The number of ether oxygens (including phenoxy) is 1. The predicted molar refractivity (Wildman–Crippen MR) is 104 cm³/mol. The first-order valence-electron chi connectivity index (χ1n) is 9.85. The van der Waals surface area contributed by atoms with E-state index in [-0.39, 0.29) is 12.2 Å². The normalized spacial score (nSPS) is 16.2. The second kappa shape index (κ2) is 8.25. The van der Waals surface area contributed by atoms with Crippen molar-refractivity contribution in [3.8, 4) is 0 Å². The van der Waals surface area contributed by atoms with Crippen molar-refractivity contribution < 1.29 is 9.53 Å². The van der Waals surface area contributed by atoms with E-state index in [2.05, 4.69) is 53.7 Å². The number of rotatable bonds is 5. The van der Waals surface area contributed by atoms with E-state index >= 15 is 0 Å². The topological polar surface area (TPSA) is 29.5 Å². The summed E-state index contributed by atoms with van der Waals surface area (Å²) >= 11 is 0. The van der Waals surface area contributed by atoms with Crippen molar-refractivity contribution in [2.75, 3.05) is 13.1 Å². The molecule has 1 aromatic rings. The van der Waals surface area contributed by atoms with Crippen LogP contribution in [-0.2, 0) is 4.74 Å². The van der Waals surface area contributed by atoms with E-state index in [0.29, 0.717) is 17.8 Å². The number of carbonyl (C=O) groups is 1. The van der Waals surface area contributed by atoms with Crippen molar-refractivity contribution in [2.45, 2.75) is 85.2 Å². The largest absolute Gasteiger partial charge is 0.441 e. The van der Waals surface area contributed by atoms with Gasteiger partial charge in [-0.15, -0.1) is 0 Å². The lowest BCUT2D eigenvalue weighted by molar-refractivity contribution is 0.0752. The molecule has 1 heterocycles. The molecule has 140 valence electrons. The molecule has 1 aromatic carbocycles. The first-order valence-corrected chi connectivity index (χ1v) is 9.85. The molecular formula is C22H35NO2. The summed E-state index contributed by atoms with van der Waals surface area (Å²) in [5, 5.41) is 0. The van der Waals surface area contributed by atoms with Crippen LogP contribution >= 0.6 is 0 Å². The van der Waals surface area contributed by atoms with Crippen LogP contribution < -0.4 is 0 Å². The fourth-order valence-electron chi connectivity index (χ4n) is 3.67. The summed E-state index contributed by atoms with van der Waals surface area (Å²) in [6, 6.07) is 4.63. The third-order valence-corrected chi connectivity index (χ3v) is 5.23. The Morgan fingerprint density at radius 2 is 1.36 bits per heavy atom. The van der Waals surface area contributed by atoms with Gasteiger partial charge in [0.1, 0.15) is 6.10 Å². The van der Waals surface area contributed by atoms with Crippen LogP contribution in [-0.4, -0.2) is 24.1 Å². The van der Waals surface area contributed by atoms with E-state index in [9.17, 15) is 4.79 Å². The van der Waals surface area contributed by atoms with E-state index in [1.54, 1.807) is 0 Å². The van der Waals surface area contributed by atoms with Gasteiger partial charge in [0.25, 0.3) is 0 Å². The van der Waals surface area contributed by atoms with Gasteiger partial charge in [0.05, 0.1) is 0 Å². The summed E-state index contributed by atoms with van der Waals surface area (Å²) < 4.78 is 5.89. The molecule has 1 atom stereocenters. The van der Waals surface area contributed by atoms with Crippen LogP contribution in [0, 0.1) is 0 Å². The van der Waals surface area contributed by atoms with Crippen molar-refractivity contribution in [3.63, 3.8) is 0 Å². The maximum absolute atomic E-state index is 12.5.